The Hall–Kier alpha value is -4.48. The van der Waals surface area contributed by atoms with Gasteiger partial charge in [-0.25, -0.2) is 4.90 Å². The van der Waals surface area contributed by atoms with E-state index in [-0.39, 0.29) is 41.4 Å². The number of allylic oxidation sites excluding steroid dienone is 6. The molecule has 1 heterocycles. The zero-order chi connectivity index (χ0) is 31.2. The first-order chi connectivity index (χ1) is 20.1. The van der Waals surface area contributed by atoms with Gasteiger partial charge in [-0.05, 0) is 67.7 Å². The second kappa shape index (κ2) is 9.51. The SMILES string of the molecule is CC1=CC(=O)C2=C(C[C@@H]3C(=CC[C@@H]4C(=O)N(c5cc(C(F)(F)F)cc(C(F)(F)F)c5)C(=O)[C@@H]43)[C@@H]2c2cccc(O)c2)C1=O. The van der Waals surface area contributed by atoms with Gasteiger partial charge in [-0.3, -0.25) is 19.2 Å². The van der Waals surface area contributed by atoms with Crippen molar-refractivity contribution in [3.05, 3.63) is 93.6 Å². The van der Waals surface area contributed by atoms with Crippen LogP contribution < -0.4 is 4.90 Å². The fourth-order valence-electron chi connectivity index (χ4n) is 6.79. The Balaban J connectivity index is 1.48. The molecule has 43 heavy (non-hydrogen) atoms. The summed E-state index contributed by atoms with van der Waals surface area (Å²) in [5.41, 5.74) is -2.77. The van der Waals surface area contributed by atoms with Gasteiger partial charge in [0, 0.05) is 22.6 Å². The number of anilines is 1. The molecule has 0 aromatic heterocycles. The molecule has 1 N–H and O–H groups in total. The summed E-state index contributed by atoms with van der Waals surface area (Å²) in [6, 6.07) is 6.57. The Bertz CT molecular complexity index is 1700. The van der Waals surface area contributed by atoms with Crippen molar-refractivity contribution in [3.8, 4) is 5.75 Å². The molecule has 6 nitrogen and oxygen atoms in total. The number of phenolic OH excluding ortho intramolecular Hbond substituents is 1. The van der Waals surface area contributed by atoms with Gasteiger partial charge in [0.25, 0.3) is 0 Å². The zero-order valence-electron chi connectivity index (χ0n) is 22.2. The molecular weight excluding hydrogens is 580 g/mol. The highest BCUT2D eigenvalue weighted by atomic mass is 19.4. The summed E-state index contributed by atoms with van der Waals surface area (Å²) < 4.78 is 81.4. The van der Waals surface area contributed by atoms with E-state index >= 15 is 0 Å². The van der Waals surface area contributed by atoms with Gasteiger partial charge in [0.2, 0.25) is 11.8 Å². The number of halogens is 6. The summed E-state index contributed by atoms with van der Waals surface area (Å²) in [5, 5.41) is 10.2. The van der Waals surface area contributed by atoms with Crippen LogP contribution in [0.2, 0.25) is 0 Å². The highest BCUT2D eigenvalue weighted by Crippen LogP contribution is 2.56. The van der Waals surface area contributed by atoms with Crippen LogP contribution in [0.15, 0.2) is 76.9 Å². The summed E-state index contributed by atoms with van der Waals surface area (Å²) in [5.74, 6) is -6.98. The number of aromatic hydroxyl groups is 1. The predicted molar refractivity (Wildman–Crippen MR) is 138 cm³/mol. The lowest BCUT2D eigenvalue weighted by atomic mass is 9.59. The maximum absolute atomic E-state index is 13.9. The molecule has 1 fully saturated rings. The van der Waals surface area contributed by atoms with Crippen LogP contribution in [0.4, 0.5) is 32.0 Å². The smallest absolute Gasteiger partial charge is 0.416 e. The molecule has 6 rings (SSSR count). The molecule has 0 bridgehead atoms. The highest BCUT2D eigenvalue weighted by Gasteiger charge is 2.57. The van der Waals surface area contributed by atoms with Crippen molar-refractivity contribution in [1.29, 1.82) is 0 Å². The molecule has 0 radical (unpaired) electrons. The summed E-state index contributed by atoms with van der Waals surface area (Å²) in [4.78, 5) is 54.3. The standard InChI is InChI=1S/C31H21F6NO5/c1-13-7-23(40)26-22(27(13)41)12-21-19(24(26)14-3-2-4-18(39)8-14)5-6-20-25(21)29(43)38(28(20)42)17-10-15(30(32,33)34)9-16(11-17)31(35,36)37/h2-5,7-11,20-21,24-25,39H,6,12H2,1H3/t20-,21+,24-,25-/m0/s1. The predicted octanol–water partition coefficient (Wildman–Crippen LogP) is 6.06. The molecule has 2 aromatic carbocycles. The first-order valence-corrected chi connectivity index (χ1v) is 13.2. The molecular formula is C31H21F6NO5. The molecule has 4 atom stereocenters. The second-order valence-corrected chi connectivity index (χ2v) is 11.1. The first kappa shape index (κ1) is 28.6. The number of benzene rings is 2. The minimum atomic E-state index is -5.19. The summed E-state index contributed by atoms with van der Waals surface area (Å²) >= 11 is 0. The fourth-order valence-corrected chi connectivity index (χ4v) is 6.79. The number of hydrogen-bond donors (Lipinski definition) is 1. The number of carbonyl (C=O) groups excluding carboxylic acids is 4. The van der Waals surface area contributed by atoms with Gasteiger partial charge in [-0.15, -0.1) is 0 Å². The van der Waals surface area contributed by atoms with Crippen molar-refractivity contribution in [2.24, 2.45) is 17.8 Å². The third kappa shape index (κ3) is 4.50. The number of imide groups is 1. The average Bonchev–Trinajstić information content (AvgIpc) is 3.19. The van der Waals surface area contributed by atoms with Crippen molar-refractivity contribution in [2.75, 3.05) is 4.90 Å². The quantitative estimate of drug-likeness (QED) is 0.196. The molecule has 0 spiro atoms. The largest absolute Gasteiger partial charge is 0.508 e. The Kier molecular flexibility index (Phi) is 6.34. The topological polar surface area (TPSA) is 91.8 Å². The van der Waals surface area contributed by atoms with E-state index in [1.165, 1.54) is 31.2 Å². The zero-order valence-corrected chi connectivity index (χ0v) is 22.2. The average molecular weight is 601 g/mol. The van der Waals surface area contributed by atoms with Gasteiger partial charge in [0.05, 0.1) is 28.7 Å². The lowest BCUT2D eigenvalue weighted by Gasteiger charge is -2.42. The van der Waals surface area contributed by atoms with Crippen LogP contribution >= 0.6 is 0 Å². The van der Waals surface area contributed by atoms with Crippen molar-refractivity contribution in [1.82, 2.24) is 0 Å². The second-order valence-electron chi connectivity index (χ2n) is 11.1. The van der Waals surface area contributed by atoms with Gasteiger partial charge in [-0.1, -0.05) is 23.8 Å². The van der Waals surface area contributed by atoms with Gasteiger partial charge in [0.1, 0.15) is 5.75 Å². The van der Waals surface area contributed by atoms with E-state index in [4.69, 9.17) is 0 Å². The number of Topliss-reactive ketones (excluding diaryl/α,β-unsaturated/α-hetero) is 1. The van der Waals surface area contributed by atoms with Crippen molar-refractivity contribution in [2.45, 2.75) is 38.0 Å². The third-order valence-electron chi connectivity index (χ3n) is 8.60. The molecule has 222 valence electrons. The first-order valence-electron chi connectivity index (χ1n) is 13.2. The molecule has 0 saturated carbocycles. The lowest BCUT2D eigenvalue weighted by molar-refractivity contribution is -0.143. The molecule has 12 heteroatoms. The third-order valence-corrected chi connectivity index (χ3v) is 8.60. The van der Waals surface area contributed by atoms with E-state index in [1.54, 1.807) is 12.1 Å². The van der Waals surface area contributed by atoms with E-state index in [0.29, 0.717) is 28.2 Å². The van der Waals surface area contributed by atoms with Crippen LogP contribution in [0.3, 0.4) is 0 Å². The van der Waals surface area contributed by atoms with E-state index in [2.05, 4.69) is 0 Å². The number of alkyl halides is 6. The highest BCUT2D eigenvalue weighted by molar-refractivity contribution is 6.25. The Morgan fingerprint density at radius 1 is 0.860 bits per heavy atom. The van der Waals surface area contributed by atoms with Crippen LogP contribution in [0.1, 0.15) is 42.4 Å². The summed E-state index contributed by atoms with van der Waals surface area (Å²) in [6.07, 6.45) is -7.72. The van der Waals surface area contributed by atoms with Gasteiger partial charge < -0.3 is 5.11 Å². The number of amides is 2. The van der Waals surface area contributed by atoms with Gasteiger partial charge >= 0.3 is 12.4 Å². The van der Waals surface area contributed by atoms with E-state index in [9.17, 15) is 50.6 Å². The maximum Gasteiger partial charge on any atom is 0.416 e. The number of carbonyl (C=O) groups is 4. The summed E-state index contributed by atoms with van der Waals surface area (Å²) in [6.45, 7) is 1.46. The molecule has 1 saturated heterocycles. The molecule has 1 aliphatic heterocycles. The normalized spacial score (nSPS) is 25.8. The number of fused-ring (bicyclic) bond motifs is 3. The fraction of sp³-hybridized carbons (Fsp3) is 0.290. The molecule has 2 aromatic rings. The van der Waals surface area contributed by atoms with Crippen LogP contribution in [-0.4, -0.2) is 28.5 Å². The van der Waals surface area contributed by atoms with Crippen molar-refractivity contribution >= 4 is 29.1 Å². The minimum Gasteiger partial charge on any atom is -0.508 e. The van der Waals surface area contributed by atoms with Crippen LogP contribution in [0.5, 0.6) is 5.75 Å². The van der Waals surface area contributed by atoms with Crippen molar-refractivity contribution in [3.63, 3.8) is 0 Å². The summed E-state index contributed by atoms with van der Waals surface area (Å²) in [7, 11) is 0. The lowest BCUT2D eigenvalue weighted by Crippen LogP contribution is -2.39. The van der Waals surface area contributed by atoms with Crippen LogP contribution in [0, 0.1) is 17.8 Å². The van der Waals surface area contributed by atoms with Gasteiger partial charge in [-0.2, -0.15) is 26.3 Å². The Morgan fingerprint density at radius 3 is 2.12 bits per heavy atom. The van der Waals surface area contributed by atoms with Crippen LogP contribution in [0.25, 0.3) is 0 Å². The number of nitrogens with zero attached hydrogens (tertiary/aromatic N) is 1. The van der Waals surface area contributed by atoms with E-state index in [0.717, 1.165) is 0 Å². The molecule has 3 aliphatic carbocycles. The minimum absolute atomic E-state index is 0.0718. The Labute approximate surface area is 240 Å². The monoisotopic (exact) mass is 601 g/mol. The van der Waals surface area contributed by atoms with E-state index < -0.39 is 76.2 Å². The maximum atomic E-state index is 13.9. The van der Waals surface area contributed by atoms with E-state index in [1.807, 2.05) is 0 Å². The van der Waals surface area contributed by atoms with Gasteiger partial charge in [0.15, 0.2) is 11.6 Å². The number of ketones is 2. The van der Waals surface area contributed by atoms with Crippen molar-refractivity contribution < 1.29 is 50.6 Å². The number of phenols is 1. The Morgan fingerprint density at radius 2 is 1.51 bits per heavy atom. The van der Waals surface area contributed by atoms with Crippen LogP contribution in [-0.2, 0) is 31.5 Å². The number of rotatable bonds is 2. The molecule has 4 aliphatic rings. The molecule has 2 amide bonds. The number of hydrogen-bond acceptors (Lipinski definition) is 5. The molecule has 0 unspecified atom stereocenters.